The molecule has 5 nitrogen and oxygen atoms in total. The normalized spacial score (nSPS) is 14.6. The highest BCUT2D eigenvalue weighted by molar-refractivity contribution is 5.77. The molecule has 0 bridgehead atoms. The molecule has 1 aromatic carbocycles. The minimum absolute atomic E-state index is 0.333. The van der Waals surface area contributed by atoms with Crippen molar-refractivity contribution >= 4 is 5.97 Å². The maximum atomic E-state index is 10.1. The minimum Gasteiger partial charge on any atom is -0.481 e. The summed E-state index contributed by atoms with van der Waals surface area (Å²) in [5.74, 6) is 5.41. The maximum absolute atomic E-state index is 10.1. The molecule has 0 spiro atoms. The van der Waals surface area contributed by atoms with E-state index in [9.17, 15) is 4.79 Å². The number of hydrogen-bond acceptors (Lipinski definition) is 4. The summed E-state index contributed by atoms with van der Waals surface area (Å²) in [5, 5.41) is 8.31. The highest BCUT2D eigenvalue weighted by atomic mass is 16.6. The fourth-order valence-electron chi connectivity index (χ4n) is 2.62. The predicted molar refractivity (Wildman–Crippen MR) is 102 cm³/mol. The van der Waals surface area contributed by atoms with E-state index in [-0.39, 0.29) is 5.41 Å². The Hall–Kier alpha value is -1.59. The van der Waals surface area contributed by atoms with E-state index in [1.165, 1.54) is 37.9 Å². The van der Waals surface area contributed by atoms with Crippen molar-refractivity contribution < 1.29 is 14.7 Å². The number of nitrogens with zero attached hydrogens (tertiary/aromatic N) is 1. The van der Waals surface area contributed by atoms with Crippen LogP contribution in [0.5, 0.6) is 5.75 Å². The quantitative estimate of drug-likeness (QED) is 0.495. The molecule has 1 aliphatic carbocycles. The molecule has 5 heteroatoms. The predicted octanol–water partition coefficient (Wildman–Crippen LogP) is 3.86. The van der Waals surface area contributed by atoms with E-state index in [1.54, 1.807) is 6.92 Å². The van der Waals surface area contributed by atoms with Crippen LogP contribution in [-0.2, 0) is 11.2 Å². The van der Waals surface area contributed by atoms with Gasteiger partial charge in [0.25, 0.3) is 0 Å². The van der Waals surface area contributed by atoms with Gasteiger partial charge in [0, 0.05) is 0 Å². The molecule has 0 heterocycles. The number of hydrogen-bond donors (Lipinski definition) is 2. The summed E-state index contributed by atoms with van der Waals surface area (Å²) in [6.07, 6.45) is 6.41. The minimum atomic E-state index is -0.646. The summed E-state index contributed by atoms with van der Waals surface area (Å²) in [5.41, 5.74) is 0.874. The van der Waals surface area contributed by atoms with E-state index in [4.69, 9.17) is 15.8 Å². The number of carboxylic acids is 1. The number of aryl methyl sites for hydroxylation is 1. The van der Waals surface area contributed by atoms with Crippen molar-refractivity contribution in [2.24, 2.45) is 11.3 Å². The summed E-state index contributed by atoms with van der Waals surface area (Å²) in [7, 11) is 0. The molecule has 1 aromatic rings. The van der Waals surface area contributed by atoms with E-state index in [1.807, 2.05) is 18.2 Å². The molecule has 1 saturated carbocycles. The van der Waals surface area contributed by atoms with E-state index in [2.05, 4.69) is 24.8 Å². The molecule has 1 fully saturated rings. The van der Waals surface area contributed by atoms with E-state index in [0.717, 1.165) is 31.6 Å². The third-order valence-corrected chi connectivity index (χ3v) is 4.77. The van der Waals surface area contributed by atoms with E-state index < -0.39 is 5.97 Å². The van der Waals surface area contributed by atoms with Crippen LogP contribution in [0.25, 0.3) is 0 Å². The maximum Gasteiger partial charge on any atom is 0.309 e. The van der Waals surface area contributed by atoms with Gasteiger partial charge in [0.15, 0.2) is 0 Å². The van der Waals surface area contributed by atoms with Gasteiger partial charge >= 0.3 is 5.97 Å². The summed E-state index contributed by atoms with van der Waals surface area (Å²) in [4.78, 5) is 17.5. The van der Waals surface area contributed by atoms with Crippen LogP contribution in [0.4, 0.5) is 0 Å². The first-order chi connectivity index (χ1) is 12.0. The molecule has 0 radical (unpaired) electrons. The van der Waals surface area contributed by atoms with Crippen molar-refractivity contribution in [3.05, 3.63) is 29.8 Å². The highest BCUT2D eigenvalue weighted by Crippen LogP contribution is 2.44. The van der Waals surface area contributed by atoms with Crippen molar-refractivity contribution in [3.8, 4) is 5.75 Å². The molecule has 0 amide bonds. The number of carbonyl (C=O) groups is 1. The second-order valence-corrected chi connectivity index (χ2v) is 6.98. The van der Waals surface area contributed by atoms with Gasteiger partial charge in [-0.25, -0.2) is 0 Å². The van der Waals surface area contributed by atoms with Crippen molar-refractivity contribution in [1.82, 2.24) is 4.90 Å². The van der Waals surface area contributed by atoms with Gasteiger partial charge in [0.05, 0.1) is 5.41 Å². The van der Waals surface area contributed by atoms with Gasteiger partial charge in [0.2, 0.25) is 0 Å². The average molecular weight is 351 g/mol. The van der Waals surface area contributed by atoms with Crippen LogP contribution in [0.1, 0.15) is 58.4 Å². The lowest BCUT2D eigenvalue weighted by Crippen LogP contribution is -2.25. The molecule has 3 N–H and O–H groups in total. The Labute approximate surface area is 152 Å². The number of aliphatic carboxylic acids is 1. The summed E-state index contributed by atoms with van der Waals surface area (Å²) in [6, 6.07) is 8.00. The lowest BCUT2D eigenvalue weighted by atomic mass is 10.1. The fourth-order valence-corrected chi connectivity index (χ4v) is 2.62. The van der Waals surface area contributed by atoms with Crippen LogP contribution >= 0.6 is 0 Å². The smallest absolute Gasteiger partial charge is 0.309 e. The molecule has 0 aliphatic heterocycles. The van der Waals surface area contributed by atoms with Gasteiger partial charge in [-0.2, -0.15) is 5.90 Å². The average Bonchev–Trinajstić information content (AvgIpc) is 3.37. The molecular weight excluding hydrogens is 316 g/mol. The number of nitrogens with two attached hydrogens (primary N) is 1. The molecule has 2 rings (SSSR count). The van der Waals surface area contributed by atoms with Crippen molar-refractivity contribution in [3.63, 3.8) is 0 Å². The van der Waals surface area contributed by atoms with Gasteiger partial charge in [-0.1, -0.05) is 32.0 Å². The van der Waals surface area contributed by atoms with Crippen LogP contribution < -0.4 is 10.7 Å². The molecule has 1 aliphatic rings. The molecule has 142 valence electrons. The first-order valence-electron chi connectivity index (χ1n) is 9.37. The van der Waals surface area contributed by atoms with Crippen molar-refractivity contribution in [2.75, 3.05) is 19.6 Å². The zero-order valence-electron chi connectivity index (χ0n) is 16.0. The first kappa shape index (κ1) is 21.5. The third-order valence-electron chi connectivity index (χ3n) is 4.77. The Morgan fingerprint density at radius 3 is 2.40 bits per heavy atom. The van der Waals surface area contributed by atoms with Gasteiger partial charge in [-0.05, 0) is 76.7 Å². The monoisotopic (exact) mass is 350 g/mol. The second kappa shape index (κ2) is 11.1. The lowest BCUT2D eigenvalue weighted by molar-refractivity contribution is -0.142. The summed E-state index contributed by atoms with van der Waals surface area (Å²) < 4.78 is 0. The standard InChI is InChI=1S/C15H26N2O.C5H8O2/c1-3-12-17(4-2)13-8-7-10-14-9-5-6-11-15(14)18-16;1-5(2-3-5)4(6)7/h5-6,9,11H,3-4,7-8,10,12-13,16H2,1-2H3;2-3H2,1H3,(H,6,7). The third kappa shape index (κ3) is 7.88. The number of benzene rings is 1. The van der Waals surface area contributed by atoms with Gasteiger partial charge in [0.1, 0.15) is 5.75 Å². The topological polar surface area (TPSA) is 75.8 Å². The number of carboxylic acid groups (broad SMARTS) is 1. The van der Waals surface area contributed by atoms with Crippen molar-refractivity contribution in [2.45, 2.75) is 59.3 Å². The molecule has 0 aromatic heterocycles. The van der Waals surface area contributed by atoms with Crippen LogP contribution in [0.3, 0.4) is 0 Å². The van der Waals surface area contributed by atoms with Crippen LogP contribution in [0.2, 0.25) is 0 Å². The van der Waals surface area contributed by atoms with Crippen LogP contribution in [-0.4, -0.2) is 35.6 Å². The zero-order valence-corrected chi connectivity index (χ0v) is 16.0. The molecule has 0 atom stereocenters. The highest BCUT2D eigenvalue weighted by Gasteiger charge is 2.44. The van der Waals surface area contributed by atoms with Crippen molar-refractivity contribution in [1.29, 1.82) is 0 Å². The molecule has 0 saturated heterocycles. The van der Waals surface area contributed by atoms with Crippen LogP contribution in [0, 0.1) is 5.41 Å². The molecule has 0 unspecified atom stereocenters. The van der Waals surface area contributed by atoms with Crippen LogP contribution in [0.15, 0.2) is 24.3 Å². The largest absolute Gasteiger partial charge is 0.481 e. The Bertz CT molecular complexity index is 515. The van der Waals surface area contributed by atoms with Gasteiger partial charge < -0.3 is 14.8 Å². The number of para-hydroxylation sites is 1. The Balaban J connectivity index is 0.000000370. The molecular formula is C20H34N2O3. The fraction of sp³-hybridized carbons (Fsp3) is 0.650. The Kier molecular flexibility index (Phi) is 9.53. The zero-order chi connectivity index (χ0) is 18.7. The Morgan fingerprint density at radius 2 is 1.92 bits per heavy atom. The van der Waals surface area contributed by atoms with E-state index >= 15 is 0 Å². The summed E-state index contributed by atoms with van der Waals surface area (Å²) >= 11 is 0. The number of rotatable bonds is 10. The Morgan fingerprint density at radius 1 is 1.24 bits per heavy atom. The first-order valence-corrected chi connectivity index (χ1v) is 9.37. The van der Waals surface area contributed by atoms with Gasteiger partial charge in [-0.3, -0.25) is 4.79 Å². The van der Waals surface area contributed by atoms with E-state index in [0.29, 0.717) is 0 Å². The lowest BCUT2D eigenvalue weighted by Gasteiger charge is -2.19. The number of unbranched alkanes of at least 4 members (excludes halogenated alkanes) is 1. The van der Waals surface area contributed by atoms with Gasteiger partial charge in [-0.15, -0.1) is 0 Å². The second-order valence-electron chi connectivity index (χ2n) is 6.98. The SMILES string of the molecule is CC1(C(=O)O)CC1.CCCN(CC)CCCCc1ccccc1ON. The molecule has 25 heavy (non-hydrogen) atoms. The summed E-state index contributed by atoms with van der Waals surface area (Å²) in [6.45, 7) is 9.78.